The average molecular weight is 753 g/mol. The van der Waals surface area contributed by atoms with Gasteiger partial charge in [-0.25, -0.2) is 19.6 Å². The summed E-state index contributed by atoms with van der Waals surface area (Å²) in [7, 11) is 2.38. The minimum atomic E-state index is -1.20. The van der Waals surface area contributed by atoms with E-state index in [2.05, 4.69) is 53.5 Å². The van der Waals surface area contributed by atoms with Crippen LogP contribution in [0.1, 0.15) is 68.0 Å². The Balaban J connectivity index is 1.13. The Labute approximate surface area is 317 Å². The van der Waals surface area contributed by atoms with Crippen LogP contribution in [0.3, 0.4) is 0 Å². The van der Waals surface area contributed by atoms with Crippen molar-refractivity contribution in [2.24, 2.45) is 0 Å². The predicted octanol–water partition coefficient (Wildman–Crippen LogP) is 3.06. The first-order chi connectivity index (χ1) is 26.4. The largest absolute Gasteiger partial charge is 0.453 e. The van der Waals surface area contributed by atoms with Crippen molar-refractivity contribution in [1.29, 1.82) is 0 Å². The summed E-state index contributed by atoms with van der Waals surface area (Å²) in [5.41, 5.74) is 5.45. The van der Waals surface area contributed by atoms with Gasteiger partial charge in [-0.05, 0) is 69.0 Å². The van der Waals surface area contributed by atoms with Gasteiger partial charge in [0.2, 0.25) is 11.8 Å². The standard InChI is InChI=1S/C39H44N8O8/c1-21-17-31(47(20-21)37(51)33(23(3)49)45-39(53)55-5)34-40-19-29(43-34)26-13-10-24(11-14-26)8-9-25-12-15-27-28(18-25)42-35(41-27)30-7-6-16-46(30)36(50)32(22(2)48)44-38(52)54-4/h10-15,18-19,22-23,30-33,48-49H,1,6-7,16-17,20H2,2-5H3,(H,40,43)(H,41,42)(H,44,52)(H,45,53)/t22-,23+,30-,31-,32-,33-/m0/s1. The second-order valence-corrected chi connectivity index (χ2v) is 13.7. The highest BCUT2D eigenvalue weighted by Crippen LogP contribution is 2.35. The van der Waals surface area contributed by atoms with Crippen molar-refractivity contribution >= 4 is 35.0 Å². The second kappa shape index (κ2) is 16.5. The zero-order valence-electron chi connectivity index (χ0n) is 31.0. The second-order valence-electron chi connectivity index (χ2n) is 13.7. The number of nitrogens with zero attached hydrogens (tertiary/aromatic N) is 4. The number of imidazole rings is 2. The molecule has 0 aliphatic carbocycles. The zero-order valence-corrected chi connectivity index (χ0v) is 31.0. The predicted molar refractivity (Wildman–Crippen MR) is 200 cm³/mol. The molecule has 0 radical (unpaired) electrons. The number of carbonyl (C=O) groups is 4. The number of methoxy groups -OCH3 is 2. The van der Waals surface area contributed by atoms with Crippen molar-refractivity contribution in [1.82, 2.24) is 40.4 Å². The number of likely N-dealkylation sites (tertiary alicyclic amines) is 2. The van der Waals surface area contributed by atoms with E-state index in [1.807, 2.05) is 42.5 Å². The third kappa shape index (κ3) is 8.48. The Hall–Kier alpha value is -6.18. The number of aromatic nitrogens is 4. The SMILES string of the molecule is C=C1C[C@@H](c2ncc(-c3ccc(C#Cc4ccc5nc([C@@H]6CCCN6C(=O)[C@@H](NC(=O)OC)[C@H](C)O)[nH]c5c4)cc3)[nH]2)N(C(=O)[C@@H](NC(=O)OC)[C@@H](C)O)C1. The Morgan fingerprint density at radius 1 is 0.873 bits per heavy atom. The van der Waals surface area contributed by atoms with Crippen LogP contribution in [0.15, 0.2) is 60.8 Å². The Morgan fingerprint density at radius 3 is 2.13 bits per heavy atom. The first-order valence-corrected chi connectivity index (χ1v) is 17.9. The van der Waals surface area contributed by atoms with Crippen LogP contribution in [-0.4, -0.2) is 116 Å². The molecule has 0 spiro atoms. The number of nitrogens with one attached hydrogen (secondary N) is 4. The topological polar surface area (TPSA) is 215 Å². The van der Waals surface area contributed by atoms with Gasteiger partial charge in [-0.2, -0.15) is 0 Å². The Kier molecular flexibility index (Phi) is 11.5. The van der Waals surface area contributed by atoms with Gasteiger partial charge in [0, 0.05) is 24.2 Å². The summed E-state index contributed by atoms with van der Waals surface area (Å²) >= 11 is 0. The van der Waals surface area contributed by atoms with Crippen molar-refractivity contribution in [2.75, 3.05) is 27.3 Å². The summed E-state index contributed by atoms with van der Waals surface area (Å²) in [6.07, 6.45) is -0.309. The molecule has 4 aromatic rings. The van der Waals surface area contributed by atoms with Crippen molar-refractivity contribution < 1.29 is 38.9 Å². The number of aliphatic hydroxyl groups excluding tert-OH is 2. The molecule has 0 unspecified atom stereocenters. The van der Waals surface area contributed by atoms with E-state index in [4.69, 9.17) is 4.98 Å². The first-order valence-electron chi connectivity index (χ1n) is 17.9. The fraction of sp³-hybridized carbons (Fsp3) is 0.385. The Morgan fingerprint density at radius 2 is 1.49 bits per heavy atom. The molecular weight excluding hydrogens is 708 g/mol. The molecule has 55 heavy (non-hydrogen) atoms. The molecule has 2 fully saturated rings. The summed E-state index contributed by atoms with van der Waals surface area (Å²) in [4.78, 5) is 69.6. The number of benzene rings is 2. The third-order valence-electron chi connectivity index (χ3n) is 9.76. The molecule has 2 aromatic heterocycles. The fourth-order valence-corrected chi connectivity index (χ4v) is 6.89. The van der Waals surface area contributed by atoms with Crippen LogP contribution >= 0.6 is 0 Å². The van der Waals surface area contributed by atoms with Gasteiger partial charge < -0.3 is 50.1 Å². The number of H-pyrrole nitrogens is 2. The molecule has 6 N–H and O–H groups in total. The van der Waals surface area contributed by atoms with Crippen molar-refractivity contribution in [2.45, 2.75) is 69.5 Å². The molecular formula is C39H44N8O8. The van der Waals surface area contributed by atoms with Crippen LogP contribution in [0.4, 0.5) is 9.59 Å². The monoisotopic (exact) mass is 752 g/mol. The minimum absolute atomic E-state index is 0.260. The van der Waals surface area contributed by atoms with Gasteiger partial charge in [-0.1, -0.05) is 36.1 Å². The van der Waals surface area contributed by atoms with Gasteiger partial charge in [-0.15, -0.1) is 0 Å². The quantitative estimate of drug-likeness (QED) is 0.109. The van der Waals surface area contributed by atoms with Gasteiger partial charge in [-0.3, -0.25) is 9.59 Å². The number of fused-ring (bicyclic) bond motifs is 1. The average Bonchev–Trinajstić information content (AvgIpc) is 4.00. The lowest BCUT2D eigenvalue weighted by molar-refractivity contribution is -0.137. The highest BCUT2D eigenvalue weighted by atomic mass is 16.5. The molecule has 288 valence electrons. The number of hydrogen-bond acceptors (Lipinski definition) is 10. The molecule has 2 aromatic carbocycles. The van der Waals surface area contributed by atoms with E-state index < -0.39 is 54.3 Å². The molecule has 0 saturated carbocycles. The number of aromatic amines is 2. The van der Waals surface area contributed by atoms with Gasteiger partial charge in [0.05, 0.1) is 61.4 Å². The molecule has 2 aliphatic heterocycles. The van der Waals surface area contributed by atoms with E-state index in [0.29, 0.717) is 31.0 Å². The van der Waals surface area contributed by atoms with E-state index in [-0.39, 0.29) is 12.6 Å². The third-order valence-corrected chi connectivity index (χ3v) is 9.76. The summed E-state index contributed by atoms with van der Waals surface area (Å²) in [5.74, 6) is 6.69. The molecule has 6 rings (SSSR count). The molecule has 16 nitrogen and oxygen atoms in total. The fourth-order valence-electron chi connectivity index (χ4n) is 6.89. The molecule has 0 bridgehead atoms. The van der Waals surface area contributed by atoms with Gasteiger partial charge in [0.1, 0.15) is 23.7 Å². The van der Waals surface area contributed by atoms with Crippen LogP contribution in [0.2, 0.25) is 0 Å². The van der Waals surface area contributed by atoms with E-state index in [0.717, 1.165) is 45.4 Å². The lowest BCUT2D eigenvalue weighted by Gasteiger charge is -2.29. The normalized spacial score (nSPS) is 18.9. The zero-order chi connectivity index (χ0) is 39.4. The highest BCUT2D eigenvalue weighted by molar-refractivity contribution is 5.88. The molecule has 2 aliphatic rings. The lowest BCUT2D eigenvalue weighted by Crippen LogP contribution is -2.53. The van der Waals surface area contributed by atoms with Gasteiger partial charge in [0.15, 0.2) is 0 Å². The molecule has 6 atom stereocenters. The smallest absolute Gasteiger partial charge is 0.407 e. The summed E-state index contributed by atoms with van der Waals surface area (Å²) in [6.45, 7) is 7.64. The number of amides is 4. The van der Waals surface area contributed by atoms with Gasteiger partial charge in [0.25, 0.3) is 0 Å². The van der Waals surface area contributed by atoms with E-state index in [1.165, 1.54) is 28.1 Å². The summed E-state index contributed by atoms with van der Waals surface area (Å²) in [6, 6.07) is 10.1. The van der Waals surface area contributed by atoms with E-state index in [1.54, 1.807) is 16.0 Å². The molecule has 16 heteroatoms. The number of rotatable bonds is 9. The van der Waals surface area contributed by atoms with Crippen LogP contribution in [0.25, 0.3) is 22.3 Å². The van der Waals surface area contributed by atoms with Crippen LogP contribution < -0.4 is 10.6 Å². The van der Waals surface area contributed by atoms with Crippen LogP contribution in [0.5, 0.6) is 0 Å². The number of alkyl carbamates (subject to hydrolysis) is 2. The number of aliphatic hydroxyl groups is 2. The number of ether oxygens (including phenoxy) is 2. The summed E-state index contributed by atoms with van der Waals surface area (Å²) in [5, 5.41) is 25.3. The Bertz CT molecular complexity index is 2150. The van der Waals surface area contributed by atoms with Crippen LogP contribution in [-0.2, 0) is 19.1 Å². The highest BCUT2D eigenvalue weighted by Gasteiger charge is 2.40. The van der Waals surface area contributed by atoms with E-state index >= 15 is 0 Å². The van der Waals surface area contributed by atoms with Crippen molar-refractivity contribution in [3.05, 3.63) is 83.6 Å². The maximum absolute atomic E-state index is 13.4. The van der Waals surface area contributed by atoms with E-state index in [9.17, 15) is 29.4 Å². The maximum atomic E-state index is 13.4. The van der Waals surface area contributed by atoms with Crippen LogP contribution in [0, 0.1) is 11.8 Å². The molecule has 4 amide bonds. The minimum Gasteiger partial charge on any atom is -0.453 e. The summed E-state index contributed by atoms with van der Waals surface area (Å²) < 4.78 is 9.26. The molecule has 4 heterocycles. The van der Waals surface area contributed by atoms with Crippen molar-refractivity contribution in [3.63, 3.8) is 0 Å². The number of carbonyl (C=O) groups excluding carboxylic acids is 4. The molecule has 2 saturated heterocycles. The first kappa shape index (κ1) is 38.5. The lowest BCUT2D eigenvalue weighted by atomic mass is 10.1. The van der Waals surface area contributed by atoms with Gasteiger partial charge >= 0.3 is 12.2 Å². The van der Waals surface area contributed by atoms with Crippen molar-refractivity contribution in [3.8, 4) is 23.1 Å². The number of hydrogen-bond donors (Lipinski definition) is 6. The maximum Gasteiger partial charge on any atom is 0.407 e.